The van der Waals surface area contributed by atoms with Crippen molar-refractivity contribution < 1.29 is 9.90 Å². The maximum Gasteiger partial charge on any atom is 0.320 e. The Balaban J connectivity index is 4.35. The molecule has 15 heavy (non-hydrogen) atoms. The molecule has 0 amide bonds. The fraction of sp³-hybridized carbons (Fsp3) is 0.750. The largest absolute Gasteiger partial charge is 0.480 e. The lowest BCUT2D eigenvalue weighted by molar-refractivity contribution is -0.143. The first kappa shape index (κ1) is 14.2. The third-order valence-electron chi connectivity index (χ3n) is 2.30. The molecule has 0 saturated carbocycles. The monoisotopic (exact) mass is 213 g/mol. The van der Waals surface area contributed by atoms with Crippen LogP contribution in [0.3, 0.4) is 0 Å². The smallest absolute Gasteiger partial charge is 0.320 e. The van der Waals surface area contributed by atoms with Crippen LogP contribution in [0.1, 0.15) is 34.1 Å². The molecule has 0 aliphatic heterocycles. The number of carboxylic acids is 1. The highest BCUT2D eigenvalue weighted by Gasteiger charge is 2.22. The van der Waals surface area contributed by atoms with Crippen LogP contribution in [0.25, 0.3) is 0 Å². The van der Waals surface area contributed by atoms with Gasteiger partial charge in [0.15, 0.2) is 0 Å². The Hall–Kier alpha value is -0.830. The van der Waals surface area contributed by atoms with Crippen molar-refractivity contribution in [2.75, 3.05) is 13.6 Å². The third kappa shape index (κ3) is 6.28. The van der Waals surface area contributed by atoms with Crippen LogP contribution in [0.4, 0.5) is 0 Å². The number of hydrogen-bond acceptors (Lipinski definition) is 2. The van der Waals surface area contributed by atoms with E-state index in [0.717, 1.165) is 0 Å². The van der Waals surface area contributed by atoms with Gasteiger partial charge in [-0.05, 0) is 33.2 Å². The van der Waals surface area contributed by atoms with Gasteiger partial charge in [0.2, 0.25) is 0 Å². The van der Waals surface area contributed by atoms with Crippen molar-refractivity contribution in [3.8, 4) is 0 Å². The van der Waals surface area contributed by atoms with Crippen molar-refractivity contribution in [1.29, 1.82) is 0 Å². The number of allylic oxidation sites excluding steroid dienone is 1. The fourth-order valence-corrected chi connectivity index (χ4v) is 1.37. The predicted octanol–water partition coefficient (Wildman–Crippen LogP) is 2.38. The number of hydrogen-bond donors (Lipinski definition) is 1. The van der Waals surface area contributed by atoms with E-state index < -0.39 is 5.97 Å². The van der Waals surface area contributed by atoms with Crippen LogP contribution >= 0.6 is 0 Å². The summed E-state index contributed by atoms with van der Waals surface area (Å²) < 4.78 is 0. The maximum absolute atomic E-state index is 11.1. The maximum atomic E-state index is 11.1. The minimum Gasteiger partial charge on any atom is -0.480 e. The summed E-state index contributed by atoms with van der Waals surface area (Å²) >= 11 is 0. The number of nitrogens with zero attached hydrogens (tertiary/aromatic N) is 1. The Labute approximate surface area is 92.8 Å². The molecule has 0 heterocycles. The summed E-state index contributed by atoms with van der Waals surface area (Å²) in [6, 6.07) is -0.374. The molecule has 0 aromatic rings. The Bertz CT molecular complexity index is 230. The van der Waals surface area contributed by atoms with Gasteiger partial charge in [-0.25, -0.2) is 0 Å². The average Bonchev–Trinajstić information content (AvgIpc) is 2.09. The molecule has 0 aromatic heterocycles. The second kappa shape index (κ2) is 6.62. The lowest BCUT2D eigenvalue weighted by Gasteiger charge is -2.24. The van der Waals surface area contributed by atoms with Gasteiger partial charge in [-0.3, -0.25) is 9.69 Å². The number of rotatable bonds is 6. The van der Waals surface area contributed by atoms with Crippen molar-refractivity contribution in [3.63, 3.8) is 0 Å². The summed E-state index contributed by atoms with van der Waals surface area (Å²) in [5, 5.41) is 9.10. The van der Waals surface area contributed by atoms with E-state index in [2.05, 4.69) is 6.08 Å². The third-order valence-corrected chi connectivity index (χ3v) is 2.30. The lowest BCUT2D eigenvalue weighted by Crippen LogP contribution is -2.39. The van der Waals surface area contributed by atoms with Gasteiger partial charge in [-0.1, -0.05) is 25.5 Å². The Kier molecular flexibility index (Phi) is 6.25. The van der Waals surface area contributed by atoms with Crippen molar-refractivity contribution in [3.05, 3.63) is 11.6 Å². The van der Waals surface area contributed by atoms with E-state index in [1.165, 1.54) is 5.57 Å². The van der Waals surface area contributed by atoms with Crippen molar-refractivity contribution in [2.45, 2.75) is 40.2 Å². The normalized spacial score (nSPS) is 13.0. The van der Waals surface area contributed by atoms with Gasteiger partial charge in [0, 0.05) is 6.54 Å². The molecule has 0 fully saturated rings. The van der Waals surface area contributed by atoms with Crippen molar-refractivity contribution >= 4 is 5.97 Å². The average molecular weight is 213 g/mol. The number of carboxylic acid groups (broad SMARTS) is 1. The van der Waals surface area contributed by atoms with Gasteiger partial charge < -0.3 is 5.11 Å². The van der Waals surface area contributed by atoms with Crippen LogP contribution in [0.2, 0.25) is 0 Å². The van der Waals surface area contributed by atoms with Crippen LogP contribution < -0.4 is 0 Å². The van der Waals surface area contributed by atoms with Crippen LogP contribution in [-0.4, -0.2) is 35.6 Å². The zero-order chi connectivity index (χ0) is 12.0. The molecule has 0 aliphatic carbocycles. The first-order chi connectivity index (χ1) is 6.84. The molecule has 0 spiro atoms. The molecule has 0 unspecified atom stereocenters. The predicted molar refractivity (Wildman–Crippen MR) is 62.9 cm³/mol. The number of likely N-dealkylation sites (N-methyl/N-ethyl adjacent to an activating group) is 1. The molecule has 1 atom stereocenters. The Morgan fingerprint density at radius 2 is 1.93 bits per heavy atom. The van der Waals surface area contributed by atoms with Gasteiger partial charge in [0.1, 0.15) is 6.04 Å². The molecule has 0 saturated heterocycles. The minimum atomic E-state index is -0.728. The van der Waals surface area contributed by atoms with E-state index in [4.69, 9.17) is 5.11 Å². The highest BCUT2D eigenvalue weighted by atomic mass is 16.4. The number of carbonyl (C=O) groups is 1. The molecule has 3 heteroatoms. The molecule has 0 bridgehead atoms. The van der Waals surface area contributed by atoms with E-state index in [9.17, 15) is 4.79 Å². The van der Waals surface area contributed by atoms with Crippen LogP contribution in [0, 0.1) is 5.92 Å². The highest BCUT2D eigenvalue weighted by molar-refractivity contribution is 5.73. The number of aliphatic carboxylic acids is 1. The van der Waals surface area contributed by atoms with Crippen LogP contribution in [0.15, 0.2) is 11.6 Å². The van der Waals surface area contributed by atoms with Gasteiger partial charge >= 0.3 is 5.97 Å². The first-order valence-electron chi connectivity index (χ1n) is 5.41. The zero-order valence-electron chi connectivity index (χ0n) is 10.4. The van der Waals surface area contributed by atoms with E-state index in [-0.39, 0.29) is 6.04 Å². The van der Waals surface area contributed by atoms with E-state index in [1.807, 2.05) is 39.6 Å². The quantitative estimate of drug-likeness (QED) is 0.689. The molecular formula is C12H23NO2. The summed E-state index contributed by atoms with van der Waals surface area (Å²) in [6.07, 6.45) is 2.75. The molecule has 0 aromatic carbocycles. The molecule has 0 radical (unpaired) electrons. The standard InChI is InChI=1S/C12H23NO2/c1-9(2)6-7-13(5)11(12(14)15)8-10(3)4/h6,10-11H,7-8H2,1-5H3,(H,14,15)/t11-/m0/s1. The SMILES string of the molecule is CC(C)=CCN(C)[C@@H](CC(C)C)C(=O)O. The molecule has 3 nitrogen and oxygen atoms in total. The Morgan fingerprint density at radius 1 is 1.40 bits per heavy atom. The highest BCUT2D eigenvalue weighted by Crippen LogP contribution is 2.10. The molecular weight excluding hydrogens is 190 g/mol. The Morgan fingerprint density at radius 3 is 2.27 bits per heavy atom. The summed E-state index contributed by atoms with van der Waals surface area (Å²) in [7, 11) is 1.86. The van der Waals surface area contributed by atoms with Crippen LogP contribution in [-0.2, 0) is 4.79 Å². The second-order valence-electron chi connectivity index (χ2n) is 4.70. The summed E-state index contributed by atoms with van der Waals surface area (Å²) in [5.74, 6) is -0.325. The minimum absolute atomic E-state index is 0.374. The summed E-state index contributed by atoms with van der Waals surface area (Å²) in [4.78, 5) is 12.9. The molecule has 0 rings (SSSR count). The van der Waals surface area contributed by atoms with E-state index >= 15 is 0 Å². The van der Waals surface area contributed by atoms with Gasteiger partial charge in [0.05, 0.1) is 0 Å². The van der Waals surface area contributed by atoms with Gasteiger partial charge in [-0.2, -0.15) is 0 Å². The summed E-state index contributed by atoms with van der Waals surface area (Å²) in [5.41, 5.74) is 1.22. The molecule has 88 valence electrons. The zero-order valence-corrected chi connectivity index (χ0v) is 10.4. The fourth-order valence-electron chi connectivity index (χ4n) is 1.37. The van der Waals surface area contributed by atoms with Gasteiger partial charge in [0.25, 0.3) is 0 Å². The topological polar surface area (TPSA) is 40.5 Å². The van der Waals surface area contributed by atoms with Crippen LogP contribution in [0.5, 0.6) is 0 Å². The van der Waals surface area contributed by atoms with Crippen molar-refractivity contribution in [2.24, 2.45) is 5.92 Å². The van der Waals surface area contributed by atoms with E-state index in [0.29, 0.717) is 18.9 Å². The first-order valence-corrected chi connectivity index (χ1v) is 5.41. The molecule has 0 aliphatic rings. The summed E-state index contributed by atoms with van der Waals surface area (Å²) in [6.45, 7) is 8.83. The molecule has 1 N–H and O–H groups in total. The second-order valence-corrected chi connectivity index (χ2v) is 4.70. The van der Waals surface area contributed by atoms with Crippen molar-refractivity contribution in [1.82, 2.24) is 4.90 Å². The lowest BCUT2D eigenvalue weighted by atomic mass is 10.0. The van der Waals surface area contributed by atoms with E-state index in [1.54, 1.807) is 0 Å². The van der Waals surface area contributed by atoms with Gasteiger partial charge in [-0.15, -0.1) is 0 Å².